The number of aryl methyl sites for hydroxylation is 3. The van der Waals surface area contributed by atoms with Crippen LogP contribution in [0, 0.1) is 20.8 Å². The van der Waals surface area contributed by atoms with E-state index in [1.54, 1.807) is 0 Å². The van der Waals surface area contributed by atoms with Crippen molar-refractivity contribution in [1.29, 1.82) is 0 Å². The van der Waals surface area contributed by atoms with Gasteiger partial charge in [0.2, 0.25) is 5.91 Å². The Bertz CT molecular complexity index is 1000. The number of aromatic nitrogens is 3. The Kier molecular flexibility index (Phi) is 5.74. The minimum absolute atomic E-state index is 0.0615. The SMILES string of the molecule is Cc1cc(C)c(NC(=O)[C@@H](C)Sc2nnc(-c3cccc(N)c3)n2C)c(C)c1. The summed E-state index contributed by atoms with van der Waals surface area (Å²) in [6.07, 6.45) is 0. The first-order chi connectivity index (χ1) is 13.3. The number of benzene rings is 2. The number of thioether (sulfide) groups is 1. The number of anilines is 2. The maximum Gasteiger partial charge on any atom is 0.237 e. The summed E-state index contributed by atoms with van der Waals surface area (Å²) < 4.78 is 1.88. The Morgan fingerprint density at radius 2 is 1.82 bits per heavy atom. The van der Waals surface area contributed by atoms with Gasteiger partial charge in [-0.3, -0.25) is 4.79 Å². The first kappa shape index (κ1) is 19.9. The maximum absolute atomic E-state index is 12.7. The predicted octanol–water partition coefficient (Wildman–Crippen LogP) is 4.11. The van der Waals surface area contributed by atoms with Crippen LogP contribution in [0.3, 0.4) is 0 Å². The zero-order chi connectivity index (χ0) is 20.4. The maximum atomic E-state index is 12.7. The minimum Gasteiger partial charge on any atom is -0.399 e. The number of hydrogen-bond donors (Lipinski definition) is 2. The Labute approximate surface area is 169 Å². The summed E-state index contributed by atoms with van der Waals surface area (Å²) >= 11 is 1.38. The number of nitrogens with two attached hydrogens (primary N) is 1. The second-order valence-electron chi connectivity index (χ2n) is 7.01. The van der Waals surface area contributed by atoms with E-state index in [1.165, 1.54) is 17.3 Å². The molecule has 1 heterocycles. The first-order valence-electron chi connectivity index (χ1n) is 9.07. The van der Waals surface area contributed by atoms with Crippen molar-refractivity contribution in [2.45, 2.75) is 38.1 Å². The molecule has 2 aromatic carbocycles. The van der Waals surface area contributed by atoms with Crippen LogP contribution in [0.5, 0.6) is 0 Å². The van der Waals surface area contributed by atoms with Gasteiger partial charge in [0.15, 0.2) is 11.0 Å². The molecule has 0 spiro atoms. The van der Waals surface area contributed by atoms with Gasteiger partial charge in [-0.25, -0.2) is 0 Å². The Hall–Kier alpha value is -2.80. The standard InChI is InChI=1S/C21H25N5OS/c1-12-9-13(2)18(14(3)10-12)23-20(27)15(4)28-21-25-24-19(26(21)5)16-7-6-8-17(22)11-16/h6-11,15H,22H2,1-5H3,(H,23,27)/t15-/m1/s1. The first-order valence-corrected chi connectivity index (χ1v) is 9.95. The van der Waals surface area contributed by atoms with Crippen LogP contribution < -0.4 is 11.1 Å². The molecule has 0 aliphatic heterocycles. The van der Waals surface area contributed by atoms with Crippen LogP contribution in [0.15, 0.2) is 41.6 Å². The average molecular weight is 396 g/mol. The van der Waals surface area contributed by atoms with E-state index in [0.29, 0.717) is 16.7 Å². The summed E-state index contributed by atoms with van der Waals surface area (Å²) in [6, 6.07) is 11.7. The molecule has 1 aromatic heterocycles. The molecule has 0 aliphatic carbocycles. The van der Waals surface area contributed by atoms with Crippen LogP contribution in [0.4, 0.5) is 11.4 Å². The van der Waals surface area contributed by atoms with E-state index in [0.717, 1.165) is 22.4 Å². The molecule has 1 amide bonds. The van der Waals surface area contributed by atoms with Gasteiger partial charge in [0.05, 0.1) is 5.25 Å². The van der Waals surface area contributed by atoms with Crippen LogP contribution in [0.1, 0.15) is 23.6 Å². The van der Waals surface area contributed by atoms with Gasteiger partial charge in [-0.05, 0) is 51.0 Å². The zero-order valence-electron chi connectivity index (χ0n) is 16.8. The number of nitrogen functional groups attached to an aromatic ring is 1. The number of amides is 1. The average Bonchev–Trinajstić information content (AvgIpc) is 2.98. The van der Waals surface area contributed by atoms with Crippen molar-refractivity contribution in [3.8, 4) is 11.4 Å². The molecule has 0 fully saturated rings. The zero-order valence-corrected chi connectivity index (χ0v) is 17.6. The molecule has 0 aliphatic rings. The molecule has 3 rings (SSSR count). The summed E-state index contributed by atoms with van der Waals surface area (Å²) in [5, 5.41) is 11.9. The normalized spacial score (nSPS) is 12.0. The Balaban J connectivity index is 1.75. The molecular formula is C21H25N5OS. The van der Waals surface area contributed by atoms with Gasteiger partial charge in [0, 0.05) is 24.0 Å². The van der Waals surface area contributed by atoms with Gasteiger partial charge in [0.25, 0.3) is 0 Å². The van der Waals surface area contributed by atoms with Gasteiger partial charge in [-0.15, -0.1) is 10.2 Å². The highest BCUT2D eigenvalue weighted by Gasteiger charge is 2.20. The largest absolute Gasteiger partial charge is 0.399 e. The van der Waals surface area contributed by atoms with Crippen LogP contribution in [0.25, 0.3) is 11.4 Å². The van der Waals surface area contributed by atoms with Crippen molar-refractivity contribution < 1.29 is 4.79 Å². The number of hydrogen-bond acceptors (Lipinski definition) is 5. The highest BCUT2D eigenvalue weighted by atomic mass is 32.2. The number of nitrogens with one attached hydrogen (secondary N) is 1. The molecule has 0 saturated carbocycles. The van der Waals surface area contributed by atoms with Gasteiger partial charge in [0.1, 0.15) is 0 Å². The molecule has 28 heavy (non-hydrogen) atoms. The Morgan fingerprint density at radius 3 is 2.46 bits per heavy atom. The topological polar surface area (TPSA) is 85.8 Å². The van der Waals surface area contributed by atoms with E-state index in [2.05, 4.69) is 34.6 Å². The van der Waals surface area contributed by atoms with E-state index in [4.69, 9.17) is 5.73 Å². The molecule has 7 heteroatoms. The van der Waals surface area contributed by atoms with Crippen LogP contribution in [0.2, 0.25) is 0 Å². The fourth-order valence-electron chi connectivity index (χ4n) is 3.16. The highest BCUT2D eigenvalue weighted by Crippen LogP contribution is 2.28. The monoisotopic (exact) mass is 395 g/mol. The second kappa shape index (κ2) is 8.06. The lowest BCUT2D eigenvalue weighted by atomic mass is 10.1. The third kappa shape index (κ3) is 4.20. The minimum atomic E-state index is -0.323. The molecule has 0 saturated heterocycles. The number of nitrogens with zero attached hydrogens (tertiary/aromatic N) is 3. The van der Waals surface area contributed by atoms with E-state index < -0.39 is 0 Å². The lowest BCUT2D eigenvalue weighted by molar-refractivity contribution is -0.115. The molecule has 3 N–H and O–H groups in total. The van der Waals surface area contributed by atoms with Crippen molar-refractivity contribution in [3.05, 3.63) is 53.1 Å². The summed E-state index contributed by atoms with van der Waals surface area (Å²) in [6.45, 7) is 7.94. The van der Waals surface area contributed by atoms with Gasteiger partial charge in [-0.1, -0.05) is 41.6 Å². The number of carbonyl (C=O) groups is 1. The van der Waals surface area contributed by atoms with E-state index >= 15 is 0 Å². The Morgan fingerprint density at radius 1 is 1.14 bits per heavy atom. The predicted molar refractivity (Wildman–Crippen MR) is 115 cm³/mol. The molecular weight excluding hydrogens is 370 g/mol. The van der Waals surface area contributed by atoms with Crippen molar-refractivity contribution >= 4 is 29.0 Å². The van der Waals surface area contributed by atoms with Crippen LogP contribution in [-0.2, 0) is 11.8 Å². The molecule has 146 valence electrons. The van der Waals surface area contributed by atoms with Crippen molar-refractivity contribution in [2.75, 3.05) is 11.1 Å². The number of carbonyl (C=O) groups excluding carboxylic acids is 1. The summed E-state index contributed by atoms with van der Waals surface area (Å²) in [4.78, 5) is 12.7. The molecule has 0 radical (unpaired) electrons. The van der Waals surface area contributed by atoms with Crippen LogP contribution >= 0.6 is 11.8 Å². The quantitative estimate of drug-likeness (QED) is 0.502. The van der Waals surface area contributed by atoms with Gasteiger partial charge >= 0.3 is 0 Å². The van der Waals surface area contributed by atoms with Crippen molar-refractivity contribution in [3.63, 3.8) is 0 Å². The smallest absolute Gasteiger partial charge is 0.237 e. The van der Waals surface area contributed by atoms with Crippen LogP contribution in [-0.4, -0.2) is 25.9 Å². The fourth-order valence-corrected chi connectivity index (χ4v) is 3.98. The van der Waals surface area contributed by atoms with E-state index in [1.807, 2.05) is 56.7 Å². The van der Waals surface area contributed by atoms with Crippen molar-refractivity contribution in [1.82, 2.24) is 14.8 Å². The summed E-state index contributed by atoms with van der Waals surface area (Å²) in [5.74, 6) is 0.654. The third-order valence-electron chi connectivity index (χ3n) is 4.56. The third-order valence-corrected chi connectivity index (χ3v) is 5.69. The van der Waals surface area contributed by atoms with E-state index in [-0.39, 0.29) is 11.2 Å². The summed E-state index contributed by atoms with van der Waals surface area (Å²) in [5.41, 5.74) is 11.6. The lowest BCUT2D eigenvalue weighted by Gasteiger charge is -2.16. The van der Waals surface area contributed by atoms with E-state index in [9.17, 15) is 4.79 Å². The highest BCUT2D eigenvalue weighted by molar-refractivity contribution is 8.00. The molecule has 0 unspecified atom stereocenters. The van der Waals surface area contributed by atoms with Gasteiger partial charge in [-0.2, -0.15) is 0 Å². The lowest BCUT2D eigenvalue weighted by Crippen LogP contribution is -2.23. The molecule has 1 atom stereocenters. The number of rotatable bonds is 5. The molecule has 0 bridgehead atoms. The molecule has 3 aromatic rings. The fraction of sp³-hybridized carbons (Fsp3) is 0.286. The summed E-state index contributed by atoms with van der Waals surface area (Å²) in [7, 11) is 1.89. The van der Waals surface area contributed by atoms with Crippen molar-refractivity contribution in [2.24, 2.45) is 7.05 Å². The molecule has 6 nitrogen and oxygen atoms in total. The second-order valence-corrected chi connectivity index (χ2v) is 8.32. The van der Waals surface area contributed by atoms with Gasteiger partial charge < -0.3 is 15.6 Å².